The van der Waals surface area contributed by atoms with Gasteiger partial charge in [0.15, 0.2) is 6.61 Å². The van der Waals surface area contributed by atoms with E-state index in [0.29, 0.717) is 11.4 Å². The first-order chi connectivity index (χ1) is 14.7. The van der Waals surface area contributed by atoms with Crippen LogP contribution < -0.4 is 19.7 Å². The minimum absolute atomic E-state index is 0.00127. The Kier molecular flexibility index (Phi) is 7.01. The molecule has 0 fully saturated rings. The molecule has 0 aliphatic carbocycles. The Bertz CT molecular complexity index is 935. The van der Waals surface area contributed by atoms with E-state index >= 15 is 0 Å². The standard InChI is InChI=1S/C21H21F3N2O5/c22-21(23,24)14-4-3-5-16(10-14)30-12-15(27)11-25-19(28)8-9-26-17-6-1-2-7-18(17)31-13-20(26)29/h1-7,10,15,27H,8-9,11-13H2,(H,25,28). The number of hydrogen-bond donors (Lipinski definition) is 2. The summed E-state index contributed by atoms with van der Waals surface area (Å²) in [5.74, 6) is -0.134. The summed E-state index contributed by atoms with van der Waals surface area (Å²) in [7, 11) is 0. The van der Waals surface area contributed by atoms with Crippen molar-refractivity contribution >= 4 is 17.5 Å². The predicted octanol–water partition coefficient (Wildman–Crippen LogP) is 2.38. The van der Waals surface area contributed by atoms with E-state index in [0.717, 1.165) is 12.1 Å². The van der Waals surface area contributed by atoms with Crippen molar-refractivity contribution < 1.29 is 37.3 Å². The van der Waals surface area contributed by atoms with Crippen LogP contribution in [0.2, 0.25) is 0 Å². The Balaban J connectivity index is 1.42. The van der Waals surface area contributed by atoms with Crippen molar-refractivity contribution in [1.29, 1.82) is 0 Å². The van der Waals surface area contributed by atoms with Gasteiger partial charge < -0.3 is 24.8 Å². The zero-order valence-corrected chi connectivity index (χ0v) is 16.4. The van der Waals surface area contributed by atoms with E-state index in [1.807, 2.05) is 0 Å². The van der Waals surface area contributed by atoms with E-state index < -0.39 is 23.8 Å². The van der Waals surface area contributed by atoms with Crippen LogP contribution in [0.1, 0.15) is 12.0 Å². The van der Waals surface area contributed by atoms with E-state index in [4.69, 9.17) is 9.47 Å². The highest BCUT2D eigenvalue weighted by Gasteiger charge is 2.30. The summed E-state index contributed by atoms with van der Waals surface area (Å²) < 4.78 is 48.6. The molecule has 31 heavy (non-hydrogen) atoms. The van der Waals surface area contributed by atoms with Crippen LogP contribution in [-0.4, -0.2) is 49.3 Å². The summed E-state index contributed by atoms with van der Waals surface area (Å²) in [5, 5.41) is 12.4. The molecule has 1 aliphatic rings. The molecule has 1 atom stereocenters. The lowest BCUT2D eigenvalue weighted by atomic mass is 10.2. The van der Waals surface area contributed by atoms with Crippen LogP contribution in [0.25, 0.3) is 0 Å². The molecule has 0 spiro atoms. The number of rotatable bonds is 8. The van der Waals surface area contributed by atoms with Gasteiger partial charge in [-0.1, -0.05) is 18.2 Å². The Hall–Kier alpha value is -3.27. The van der Waals surface area contributed by atoms with E-state index in [9.17, 15) is 27.9 Å². The fraction of sp³-hybridized carbons (Fsp3) is 0.333. The lowest BCUT2D eigenvalue weighted by Gasteiger charge is -2.29. The molecule has 1 heterocycles. The summed E-state index contributed by atoms with van der Waals surface area (Å²) in [6.45, 7) is -0.408. The van der Waals surface area contributed by atoms with Crippen LogP contribution >= 0.6 is 0 Å². The molecule has 3 rings (SSSR count). The number of aliphatic hydroxyl groups excluding tert-OH is 1. The molecule has 0 saturated carbocycles. The molecule has 0 saturated heterocycles. The molecule has 0 bridgehead atoms. The Morgan fingerprint density at radius 2 is 2.00 bits per heavy atom. The zero-order valence-electron chi connectivity index (χ0n) is 16.4. The molecule has 2 aromatic rings. The van der Waals surface area contributed by atoms with Crippen LogP contribution in [-0.2, 0) is 15.8 Å². The average molecular weight is 438 g/mol. The van der Waals surface area contributed by atoms with Crippen LogP contribution in [0.3, 0.4) is 0 Å². The van der Waals surface area contributed by atoms with Crippen molar-refractivity contribution in [3.8, 4) is 11.5 Å². The maximum atomic E-state index is 12.7. The third-order valence-corrected chi connectivity index (χ3v) is 4.51. The minimum atomic E-state index is -4.49. The highest BCUT2D eigenvalue weighted by Crippen LogP contribution is 2.32. The van der Waals surface area contributed by atoms with Gasteiger partial charge in [0.1, 0.15) is 24.2 Å². The van der Waals surface area contributed by atoms with Gasteiger partial charge in [-0.25, -0.2) is 0 Å². The number of fused-ring (bicyclic) bond motifs is 1. The molecule has 2 N–H and O–H groups in total. The predicted molar refractivity (Wildman–Crippen MR) is 105 cm³/mol. The minimum Gasteiger partial charge on any atom is -0.491 e. The lowest BCUT2D eigenvalue weighted by molar-refractivity contribution is -0.137. The molecule has 0 aromatic heterocycles. The van der Waals surface area contributed by atoms with E-state index in [1.165, 1.54) is 17.0 Å². The van der Waals surface area contributed by atoms with Gasteiger partial charge in [0.25, 0.3) is 5.91 Å². The quantitative estimate of drug-likeness (QED) is 0.661. The number of nitrogens with zero attached hydrogens (tertiary/aromatic N) is 1. The van der Waals surface area contributed by atoms with E-state index in [1.54, 1.807) is 24.3 Å². The molecule has 1 unspecified atom stereocenters. The average Bonchev–Trinajstić information content (AvgIpc) is 2.75. The second-order valence-corrected chi connectivity index (χ2v) is 6.85. The van der Waals surface area contributed by atoms with Crippen LogP contribution in [0.5, 0.6) is 11.5 Å². The number of alkyl halides is 3. The number of halogens is 3. The Morgan fingerprint density at radius 1 is 1.23 bits per heavy atom. The lowest BCUT2D eigenvalue weighted by Crippen LogP contribution is -2.42. The van der Waals surface area contributed by atoms with Crippen molar-refractivity contribution in [2.24, 2.45) is 0 Å². The Labute approximate surface area is 176 Å². The van der Waals surface area contributed by atoms with Gasteiger partial charge in [-0.2, -0.15) is 13.2 Å². The summed E-state index contributed by atoms with van der Waals surface area (Å²) in [4.78, 5) is 25.6. The zero-order chi connectivity index (χ0) is 22.4. The smallest absolute Gasteiger partial charge is 0.416 e. The maximum Gasteiger partial charge on any atom is 0.416 e. The normalized spacial score (nSPS) is 14.5. The fourth-order valence-corrected chi connectivity index (χ4v) is 2.95. The first kappa shape index (κ1) is 22.4. The topological polar surface area (TPSA) is 88.1 Å². The maximum absolute atomic E-state index is 12.7. The number of para-hydroxylation sites is 2. The summed E-state index contributed by atoms with van der Waals surface area (Å²) >= 11 is 0. The molecule has 1 aliphatic heterocycles. The second-order valence-electron chi connectivity index (χ2n) is 6.85. The number of carbonyl (C=O) groups is 2. The molecule has 10 heteroatoms. The number of benzene rings is 2. The van der Waals surface area contributed by atoms with Gasteiger partial charge in [-0.3, -0.25) is 9.59 Å². The molecular formula is C21H21F3N2O5. The van der Waals surface area contributed by atoms with Crippen molar-refractivity contribution in [2.75, 3.05) is 31.2 Å². The van der Waals surface area contributed by atoms with Gasteiger partial charge in [-0.15, -0.1) is 0 Å². The number of aliphatic hydroxyl groups is 1. The SMILES string of the molecule is O=C(CCN1C(=O)COc2ccccc21)NCC(O)COc1cccc(C(F)(F)F)c1. The number of ether oxygens (including phenoxy) is 2. The third-order valence-electron chi connectivity index (χ3n) is 4.51. The molecular weight excluding hydrogens is 417 g/mol. The summed E-state index contributed by atoms with van der Waals surface area (Å²) in [5.41, 5.74) is -0.270. The van der Waals surface area contributed by atoms with Gasteiger partial charge in [0.05, 0.1) is 11.3 Å². The van der Waals surface area contributed by atoms with Crippen LogP contribution in [0.15, 0.2) is 48.5 Å². The first-order valence-electron chi connectivity index (χ1n) is 9.51. The van der Waals surface area contributed by atoms with Crippen molar-refractivity contribution in [1.82, 2.24) is 5.32 Å². The second kappa shape index (κ2) is 9.69. The largest absolute Gasteiger partial charge is 0.491 e. The number of amides is 2. The third kappa shape index (κ3) is 6.11. The van der Waals surface area contributed by atoms with Gasteiger partial charge in [0, 0.05) is 19.5 Å². The van der Waals surface area contributed by atoms with Gasteiger partial charge in [0.2, 0.25) is 5.91 Å². The van der Waals surface area contributed by atoms with Crippen LogP contribution in [0, 0.1) is 0 Å². The molecule has 7 nitrogen and oxygen atoms in total. The van der Waals surface area contributed by atoms with Crippen LogP contribution in [0.4, 0.5) is 18.9 Å². The monoisotopic (exact) mass is 438 g/mol. The highest BCUT2D eigenvalue weighted by molar-refractivity contribution is 5.98. The molecule has 2 aromatic carbocycles. The van der Waals surface area contributed by atoms with Crippen molar-refractivity contribution in [2.45, 2.75) is 18.7 Å². The fourth-order valence-electron chi connectivity index (χ4n) is 2.95. The van der Waals surface area contributed by atoms with Crippen molar-refractivity contribution in [3.05, 3.63) is 54.1 Å². The van der Waals surface area contributed by atoms with E-state index in [2.05, 4.69) is 5.32 Å². The van der Waals surface area contributed by atoms with Crippen molar-refractivity contribution in [3.63, 3.8) is 0 Å². The Morgan fingerprint density at radius 3 is 2.77 bits per heavy atom. The number of anilines is 1. The first-order valence-corrected chi connectivity index (χ1v) is 9.51. The molecule has 166 valence electrons. The van der Waals surface area contributed by atoms with Gasteiger partial charge in [-0.05, 0) is 30.3 Å². The number of hydrogen-bond acceptors (Lipinski definition) is 5. The highest BCUT2D eigenvalue weighted by atomic mass is 19.4. The van der Waals surface area contributed by atoms with Gasteiger partial charge >= 0.3 is 6.18 Å². The molecule has 0 radical (unpaired) electrons. The summed E-state index contributed by atoms with van der Waals surface area (Å²) in [6, 6.07) is 11.3. The molecule has 2 amide bonds. The number of carbonyl (C=O) groups excluding carboxylic acids is 2. The van der Waals surface area contributed by atoms with E-state index in [-0.39, 0.29) is 44.4 Å². The summed E-state index contributed by atoms with van der Waals surface area (Å²) in [6.07, 6.45) is -5.61. The number of nitrogens with one attached hydrogen (secondary N) is 1.